The number of fused-ring (bicyclic) bond motifs is 1. The molecule has 4 rings (SSSR count). The van der Waals surface area contributed by atoms with Crippen LogP contribution in [0, 0.1) is 0 Å². The van der Waals surface area contributed by atoms with E-state index in [1.807, 2.05) is 24.3 Å². The topological polar surface area (TPSA) is 88.2 Å². The van der Waals surface area contributed by atoms with Crippen molar-refractivity contribution in [1.29, 1.82) is 0 Å². The number of urea groups is 1. The second-order valence-electron chi connectivity index (χ2n) is 7.44. The van der Waals surface area contributed by atoms with E-state index in [0.29, 0.717) is 39.0 Å². The van der Waals surface area contributed by atoms with Gasteiger partial charge in [-0.05, 0) is 30.5 Å². The third kappa shape index (κ3) is 3.07. The highest BCUT2D eigenvalue weighted by Crippen LogP contribution is 2.46. The Labute approximate surface area is 159 Å². The number of likely N-dealkylation sites (tertiary alicyclic amines) is 1. The first-order chi connectivity index (χ1) is 12.9. The fraction of sp³-hybridized carbons (Fsp3) is 0.611. The minimum atomic E-state index is -3.45. The van der Waals surface area contributed by atoms with Crippen molar-refractivity contribution in [2.24, 2.45) is 0 Å². The summed E-state index contributed by atoms with van der Waals surface area (Å²) in [4.78, 5) is 13.7. The van der Waals surface area contributed by atoms with Gasteiger partial charge in [-0.15, -0.1) is 0 Å². The van der Waals surface area contributed by atoms with Gasteiger partial charge in [0.05, 0.1) is 19.8 Å². The lowest BCUT2D eigenvalue weighted by Gasteiger charge is -2.39. The normalized spacial score (nSPS) is 31.6. The first kappa shape index (κ1) is 18.5. The lowest BCUT2D eigenvalue weighted by molar-refractivity contribution is -0.0952. The molecule has 1 spiro atoms. The van der Waals surface area contributed by atoms with Crippen molar-refractivity contribution in [3.05, 3.63) is 29.8 Å². The molecule has 148 valence electrons. The van der Waals surface area contributed by atoms with Crippen molar-refractivity contribution in [3.8, 4) is 5.75 Å². The van der Waals surface area contributed by atoms with E-state index in [4.69, 9.17) is 9.47 Å². The van der Waals surface area contributed by atoms with Crippen LogP contribution >= 0.6 is 0 Å². The molecule has 0 aliphatic carbocycles. The van der Waals surface area contributed by atoms with E-state index < -0.39 is 20.9 Å². The molecule has 3 heterocycles. The summed E-state index contributed by atoms with van der Waals surface area (Å²) in [6.07, 6.45) is 0.837. The van der Waals surface area contributed by atoms with Gasteiger partial charge in [0.1, 0.15) is 16.6 Å². The van der Waals surface area contributed by atoms with Crippen molar-refractivity contribution < 1.29 is 22.7 Å². The number of amides is 2. The van der Waals surface area contributed by atoms with Crippen LogP contribution in [0.2, 0.25) is 0 Å². The number of rotatable bonds is 4. The minimum absolute atomic E-state index is 0.185. The molecule has 2 amide bonds. The molecule has 2 bridgehead atoms. The molecule has 8 nitrogen and oxygen atoms in total. The summed E-state index contributed by atoms with van der Waals surface area (Å²) in [5.41, 5.74) is 0.205. The molecule has 3 fully saturated rings. The summed E-state index contributed by atoms with van der Waals surface area (Å²) in [6.45, 7) is 1.44. The van der Waals surface area contributed by atoms with E-state index in [2.05, 4.69) is 5.32 Å². The molecule has 9 heteroatoms. The highest BCUT2D eigenvalue weighted by molar-refractivity contribution is 7.90. The molecule has 0 unspecified atom stereocenters. The molecule has 0 aromatic heterocycles. The average Bonchev–Trinajstić information content (AvgIpc) is 3.04. The van der Waals surface area contributed by atoms with Crippen LogP contribution in [0.4, 0.5) is 4.79 Å². The fourth-order valence-electron chi connectivity index (χ4n) is 4.55. The number of carbonyl (C=O) groups excluding carboxylic acids is 1. The van der Waals surface area contributed by atoms with Gasteiger partial charge in [0, 0.05) is 26.7 Å². The molecule has 3 saturated heterocycles. The van der Waals surface area contributed by atoms with Crippen LogP contribution in [-0.2, 0) is 21.2 Å². The second-order valence-corrected chi connectivity index (χ2v) is 9.56. The standard InChI is InChI=1S/C18H25N3O5S/c1-19-17(22)20-10-15-9-16-18(11-20,26-15)12-21(27(16,23)24)7-6-13-4-3-5-14(8-13)25-2/h3-5,8,15-16H,6-7,9-12H2,1-2H3,(H,19,22)/t15-,16+,18+/m1/s1. The summed E-state index contributed by atoms with van der Waals surface area (Å²) in [7, 11) is -0.257. The first-order valence-corrected chi connectivity index (χ1v) is 10.6. The Hall–Kier alpha value is -1.84. The lowest BCUT2D eigenvalue weighted by Crippen LogP contribution is -2.58. The first-order valence-electron chi connectivity index (χ1n) is 9.14. The Bertz CT molecular complexity index is 845. The number of sulfonamides is 1. The maximum Gasteiger partial charge on any atom is 0.317 e. The van der Waals surface area contributed by atoms with Gasteiger partial charge in [0.2, 0.25) is 10.0 Å². The van der Waals surface area contributed by atoms with Crippen molar-refractivity contribution in [2.75, 3.05) is 40.3 Å². The van der Waals surface area contributed by atoms with E-state index in [9.17, 15) is 13.2 Å². The van der Waals surface area contributed by atoms with E-state index >= 15 is 0 Å². The fourth-order valence-corrected chi connectivity index (χ4v) is 6.85. The summed E-state index contributed by atoms with van der Waals surface area (Å²) in [5, 5.41) is 2.05. The summed E-state index contributed by atoms with van der Waals surface area (Å²) < 4.78 is 39.1. The van der Waals surface area contributed by atoms with Crippen LogP contribution in [0.1, 0.15) is 12.0 Å². The van der Waals surface area contributed by atoms with Crippen molar-refractivity contribution in [1.82, 2.24) is 14.5 Å². The van der Waals surface area contributed by atoms with Crippen LogP contribution in [0.3, 0.4) is 0 Å². The third-order valence-electron chi connectivity index (χ3n) is 5.80. The van der Waals surface area contributed by atoms with Crippen molar-refractivity contribution >= 4 is 16.1 Å². The molecule has 1 aromatic carbocycles. The van der Waals surface area contributed by atoms with Gasteiger partial charge >= 0.3 is 6.03 Å². The van der Waals surface area contributed by atoms with Crippen LogP contribution in [0.5, 0.6) is 5.75 Å². The maximum absolute atomic E-state index is 13.1. The Kier molecular flexibility index (Phi) is 4.56. The number of hydrogen-bond acceptors (Lipinski definition) is 5. The number of benzene rings is 1. The number of nitrogens with one attached hydrogen (secondary N) is 1. The average molecular weight is 395 g/mol. The molecule has 3 aliphatic heterocycles. The van der Waals surface area contributed by atoms with Gasteiger partial charge < -0.3 is 19.7 Å². The minimum Gasteiger partial charge on any atom is -0.497 e. The smallest absolute Gasteiger partial charge is 0.317 e. The number of morpholine rings is 1. The van der Waals surface area contributed by atoms with Gasteiger partial charge in [0.25, 0.3) is 0 Å². The van der Waals surface area contributed by atoms with Gasteiger partial charge in [-0.2, -0.15) is 4.31 Å². The zero-order valence-electron chi connectivity index (χ0n) is 15.6. The highest BCUT2D eigenvalue weighted by atomic mass is 32.2. The second kappa shape index (κ2) is 6.65. The van der Waals surface area contributed by atoms with E-state index in [1.54, 1.807) is 19.1 Å². The van der Waals surface area contributed by atoms with Crippen LogP contribution in [0.15, 0.2) is 24.3 Å². The molecule has 0 radical (unpaired) electrons. The number of ether oxygens (including phenoxy) is 2. The van der Waals surface area contributed by atoms with Gasteiger partial charge in [-0.3, -0.25) is 0 Å². The highest BCUT2D eigenvalue weighted by Gasteiger charge is 2.65. The van der Waals surface area contributed by atoms with Crippen LogP contribution in [0.25, 0.3) is 0 Å². The Morgan fingerprint density at radius 1 is 1.41 bits per heavy atom. The predicted octanol–water partition coefficient (Wildman–Crippen LogP) is 0.434. The Morgan fingerprint density at radius 3 is 2.96 bits per heavy atom. The summed E-state index contributed by atoms with van der Waals surface area (Å²) >= 11 is 0. The molecule has 3 atom stereocenters. The number of hydrogen-bond donors (Lipinski definition) is 1. The van der Waals surface area contributed by atoms with E-state index in [0.717, 1.165) is 11.3 Å². The molecule has 1 N–H and O–H groups in total. The quantitative estimate of drug-likeness (QED) is 0.799. The molecule has 1 aromatic rings. The largest absolute Gasteiger partial charge is 0.497 e. The summed E-state index contributed by atoms with van der Waals surface area (Å²) in [6, 6.07) is 7.46. The molecular formula is C18H25N3O5S. The maximum atomic E-state index is 13.1. The van der Waals surface area contributed by atoms with Crippen LogP contribution in [-0.4, -0.2) is 80.9 Å². The van der Waals surface area contributed by atoms with Crippen molar-refractivity contribution in [2.45, 2.75) is 29.8 Å². The monoisotopic (exact) mass is 395 g/mol. The Morgan fingerprint density at radius 2 is 2.22 bits per heavy atom. The van der Waals surface area contributed by atoms with Crippen LogP contribution < -0.4 is 10.1 Å². The SMILES string of the molecule is CNC(=O)N1C[C@H]2C[C@H]3[C@](C1)(CN(CCc1cccc(OC)c1)S3(=O)=O)O2. The van der Waals surface area contributed by atoms with Crippen molar-refractivity contribution in [3.63, 3.8) is 0 Å². The van der Waals surface area contributed by atoms with E-state index in [1.165, 1.54) is 4.31 Å². The zero-order valence-corrected chi connectivity index (χ0v) is 16.4. The zero-order chi connectivity index (χ0) is 19.2. The van der Waals surface area contributed by atoms with E-state index in [-0.39, 0.29) is 12.1 Å². The number of methoxy groups -OCH3 is 1. The predicted molar refractivity (Wildman–Crippen MR) is 99.2 cm³/mol. The lowest BCUT2D eigenvalue weighted by atomic mass is 9.99. The van der Waals surface area contributed by atoms with Gasteiger partial charge in [-0.1, -0.05) is 12.1 Å². The number of nitrogens with zero attached hydrogens (tertiary/aromatic N) is 2. The Balaban J connectivity index is 1.51. The van der Waals surface area contributed by atoms with Gasteiger partial charge in [-0.25, -0.2) is 13.2 Å². The molecule has 27 heavy (non-hydrogen) atoms. The third-order valence-corrected chi connectivity index (χ3v) is 8.17. The molecular weight excluding hydrogens is 370 g/mol. The summed E-state index contributed by atoms with van der Waals surface area (Å²) in [5.74, 6) is 0.756. The molecule has 3 aliphatic rings. The molecule has 0 saturated carbocycles. The van der Waals surface area contributed by atoms with Gasteiger partial charge in [0.15, 0.2) is 0 Å². The number of carbonyl (C=O) groups is 1.